The predicted octanol–water partition coefficient (Wildman–Crippen LogP) is 5.89. The molecule has 0 atom stereocenters. The third-order valence-corrected chi connectivity index (χ3v) is 5.72. The van der Waals surface area contributed by atoms with E-state index in [2.05, 4.69) is 35.7 Å². The fourth-order valence-electron chi connectivity index (χ4n) is 4.09. The van der Waals surface area contributed by atoms with Crippen LogP contribution >= 0.6 is 0 Å². The minimum atomic E-state index is -0.441. The van der Waals surface area contributed by atoms with Gasteiger partial charge in [-0.1, -0.05) is 103 Å². The minimum Gasteiger partial charge on any atom is -0.465 e. The molecule has 5 nitrogen and oxygen atoms in total. The Hall–Kier alpha value is -3.86. The van der Waals surface area contributed by atoms with Gasteiger partial charge in [-0.2, -0.15) is 0 Å². The Balaban J connectivity index is 1.78. The molecule has 0 fully saturated rings. The highest BCUT2D eigenvalue weighted by atomic mass is 16.5. The minimum absolute atomic E-state index is 0.147. The normalized spacial score (nSPS) is 11.2. The molecule has 3 rings (SSSR count). The molecule has 0 bridgehead atoms. The van der Waals surface area contributed by atoms with Gasteiger partial charge < -0.3 is 15.0 Å². The van der Waals surface area contributed by atoms with Gasteiger partial charge in [0.1, 0.15) is 6.54 Å². The number of carbonyl (C=O) groups is 2. The number of amides is 2. The van der Waals surface area contributed by atoms with Crippen molar-refractivity contribution in [2.24, 2.45) is 0 Å². The first-order valence-electron chi connectivity index (χ1n) is 12.1. The summed E-state index contributed by atoms with van der Waals surface area (Å²) in [7, 11) is 0. The van der Waals surface area contributed by atoms with Crippen molar-refractivity contribution in [1.29, 1.82) is 0 Å². The summed E-state index contributed by atoms with van der Waals surface area (Å²) in [6.45, 7) is 4.89. The van der Waals surface area contributed by atoms with Gasteiger partial charge in [-0.05, 0) is 37.0 Å². The van der Waals surface area contributed by atoms with Crippen LogP contribution in [0.15, 0.2) is 96.6 Å². The van der Waals surface area contributed by atoms with Crippen LogP contribution < -0.4 is 5.32 Å². The summed E-state index contributed by atoms with van der Waals surface area (Å²) in [6.07, 6.45) is 2.83. The standard InChI is InChI=1S/C30H34N2O3/c1-3-35-29(33)22-31-30(34)32(23-24(2)21-25-13-7-4-8-14-25)20-19-28(26-15-9-5-10-16-26)27-17-11-6-12-18-27/h4-18,21,28H,3,19-20,22-23H2,1-2H3,(H,31,34)/b24-21+. The zero-order valence-corrected chi connectivity index (χ0v) is 20.5. The average molecular weight is 471 g/mol. The Kier molecular flexibility index (Phi) is 10.1. The van der Waals surface area contributed by atoms with Crippen molar-refractivity contribution in [1.82, 2.24) is 10.2 Å². The third-order valence-electron chi connectivity index (χ3n) is 5.72. The molecular weight excluding hydrogens is 436 g/mol. The van der Waals surface area contributed by atoms with Crippen LogP contribution in [0.3, 0.4) is 0 Å². The summed E-state index contributed by atoms with van der Waals surface area (Å²) >= 11 is 0. The SMILES string of the molecule is CCOC(=O)CNC(=O)N(CCC(c1ccccc1)c1ccccc1)C/C(C)=C/c1ccccc1. The molecule has 35 heavy (non-hydrogen) atoms. The lowest BCUT2D eigenvalue weighted by Crippen LogP contribution is -2.43. The molecule has 2 amide bonds. The van der Waals surface area contributed by atoms with E-state index in [9.17, 15) is 9.59 Å². The second kappa shape index (κ2) is 13.8. The van der Waals surface area contributed by atoms with Gasteiger partial charge in [0, 0.05) is 19.0 Å². The van der Waals surface area contributed by atoms with E-state index in [1.165, 1.54) is 11.1 Å². The van der Waals surface area contributed by atoms with Crippen molar-refractivity contribution in [3.63, 3.8) is 0 Å². The van der Waals surface area contributed by atoms with E-state index in [0.29, 0.717) is 13.1 Å². The maximum absolute atomic E-state index is 13.1. The first-order chi connectivity index (χ1) is 17.1. The summed E-state index contributed by atoms with van der Waals surface area (Å²) in [6, 6.07) is 30.5. The van der Waals surface area contributed by atoms with Crippen LogP contribution in [0.25, 0.3) is 6.08 Å². The number of ether oxygens (including phenoxy) is 1. The molecule has 0 aliphatic carbocycles. The van der Waals surface area contributed by atoms with Crippen LogP contribution in [0.5, 0.6) is 0 Å². The number of rotatable bonds is 11. The van der Waals surface area contributed by atoms with E-state index < -0.39 is 5.97 Å². The lowest BCUT2D eigenvalue weighted by Gasteiger charge is -2.26. The second-order valence-electron chi connectivity index (χ2n) is 8.45. The van der Waals surface area contributed by atoms with E-state index in [4.69, 9.17) is 4.74 Å². The zero-order valence-electron chi connectivity index (χ0n) is 20.5. The molecule has 0 aromatic heterocycles. The first-order valence-corrected chi connectivity index (χ1v) is 12.1. The Morgan fingerprint density at radius 2 is 1.43 bits per heavy atom. The van der Waals surface area contributed by atoms with Gasteiger partial charge >= 0.3 is 12.0 Å². The van der Waals surface area contributed by atoms with Gasteiger partial charge in [-0.25, -0.2) is 4.79 Å². The van der Waals surface area contributed by atoms with Gasteiger partial charge in [0.2, 0.25) is 0 Å². The summed E-state index contributed by atoms with van der Waals surface area (Å²) < 4.78 is 4.96. The highest BCUT2D eigenvalue weighted by Gasteiger charge is 2.20. The van der Waals surface area contributed by atoms with E-state index in [1.54, 1.807) is 11.8 Å². The smallest absolute Gasteiger partial charge is 0.325 e. The van der Waals surface area contributed by atoms with Gasteiger partial charge in [0.25, 0.3) is 0 Å². The molecule has 0 aliphatic rings. The monoisotopic (exact) mass is 470 g/mol. The largest absolute Gasteiger partial charge is 0.465 e. The number of hydrogen-bond donors (Lipinski definition) is 1. The summed E-state index contributed by atoms with van der Waals surface area (Å²) in [5.74, 6) is -0.292. The molecule has 3 aromatic carbocycles. The van der Waals surface area contributed by atoms with Crippen LogP contribution in [-0.4, -0.2) is 43.1 Å². The van der Waals surface area contributed by atoms with Crippen molar-refractivity contribution in [2.45, 2.75) is 26.2 Å². The molecule has 0 heterocycles. The highest BCUT2D eigenvalue weighted by molar-refractivity contribution is 5.81. The van der Waals surface area contributed by atoms with E-state index in [-0.39, 0.29) is 25.1 Å². The highest BCUT2D eigenvalue weighted by Crippen LogP contribution is 2.28. The molecule has 182 valence electrons. The first kappa shape index (κ1) is 25.8. The van der Waals surface area contributed by atoms with Crippen LogP contribution in [0.1, 0.15) is 42.9 Å². The van der Waals surface area contributed by atoms with Crippen LogP contribution in [0.2, 0.25) is 0 Å². The van der Waals surface area contributed by atoms with Crippen molar-refractivity contribution < 1.29 is 14.3 Å². The molecule has 0 aliphatic heterocycles. The maximum Gasteiger partial charge on any atom is 0.325 e. The second-order valence-corrected chi connectivity index (χ2v) is 8.45. The van der Waals surface area contributed by atoms with Crippen molar-refractivity contribution in [3.8, 4) is 0 Å². The van der Waals surface area contributed by atoms with Gasteiger partial charge in [0.05, 0.1) is 6.61 Å². The van der Waals surface area contributed by atoms with E-state index >= 15 is 0 Å². The molecule has 0 unspecified atom stereocenters. The number of urea groups is 1. The van der Waals surface area contributed by atoms with Crippen LogP contribution in [0.4, 0.5) is 4.79 Å². The molecule has 0 radical (unpaired) electrons. The average Bonchev–Trinajstić information content (AvgIpc) is 2.88. The molecular formula is C30H34N2O3. The molecule has 0 saturated carbocycles. The number of carbonyl (C=O) groups excluding carboxylic acids is 2. The third kappa shape index (κ3) is 8.45. The fraction of sp³-hybridized carbons (Fsp3) is 0.267. The number of nitrogens with zero attached hydrogens (tertiary/aromatic N) is 1. The quantitative estimate of drug-likeness (QED) is 0.356. The Morgan fingerprint density at radius 3 is 1.97 bits per heavy atom. The van der Waals surface area contributed by atoms with Gasteiger partial charge in [0.15, 0.2) is 0 Å². The lowest BCUT2D eigenvalue weighted by atomic mass is 9.88. The molecule has 5 heteroatoms. The number of hydrogen-bond acceptors (Lipinski definition) is 3. The topological polar surface area (TPSA) is 58.6 Å². The summed E-state index contributed by atoms with van der Waals surface area (Å²) in [5.41, 5.74) is 4.56. The van der Waals surface area contributed by atoms with Gasteiger partial charge in [-0.15, -0.1) is 0 Å². The van der Waals surface area contributed by atoms with E-state index in [0.717, 1.165) is 17.6 Å². The Bertz CT molecular complexity index is 1040. The van der Waals surface area contributed by atoms with Crippen molar-refractivity contribution in [2.75, 3.05) is 26.2 Å². The number of nitrogens with one attached hydrogen (secondary N) is 1. The Morgan fingerprint density at radius 1 is 0.886 bits per heavy atom. The van der Waals surface area contributed by atoms with E-state index in [1.807, 2.05) is 73.7 Å². The number of benzene rings is 3. The fourth-order valence-corrected chi connectivity index (χ4v) is 4.09. The number of esters is 1. The molecule has 0 spiro atoms. The molecule has 1 N–H and O–H groups in total. The zero-order chi connectivity index (χ0) is 24.9. The van der Waals surface area contributed by atoms with Gasteiger partial charge in [-0.3, -0.25) is 4.79 Å². The van der Waals surface area contributed by atoms with Crippen molar-refractivity contribution in [3.05, 3.63) is 113 Å². The molecule has 3 aromatic rings. The van der Waals surface area contributed by atoms with Crippen LogP contribution in [-0.2, 0) is 9.53 Å². The predicted molar refractivity (Wildman–Crippen MR) is 141 cm³/mol. The summed E-state index contributed by atoms with van der Waals surface area (Å²) in [5, 5.41) is 2.73. The van der Waals surface area contributed by atoms with Crippen LogP contribution in [0, 0.1) is 0 Å². The lowest BCUT2D eigenvalue weighted by molar-refractivity contribution is -0.141. The Labute approximate surface area is 208 Å². The molecule has 0 saturated heterocycles. The summed E-state index contributed by atoms with van der Waals surface area (Å²) in [4.78, 5) is 26.7. The maximum atomic E-state index is 13.1. The van der Waals surface area contributed by atoms with Crippen molar-refractivity contribution >= 4 is 18.1 Å².